The van der Waals surface area contributed by atoms with Crippen LogP contribution in [0.1, 0.15) is 54.0 Å². The molecule has 6 rings (SSSR count). The van der Waals surface area contributed by atoms with Crippen molar-refractivity contribution in [3.8, 4) is 23.0 Å². The molecule has 0 saturated carbocycles. The summed E-state index contributed by atoms with van der Waals surface area (Å²) in [6.45, 7) is 5.26. The highest BCUT2D eigenvalue weighted by molar-refractivity contribution is 5.54. The Hall–Kier alpha value is -4.41. The number of ether oxygens (including phenoxy) is 1. The molecule has 1 aliphatic rings. The van der Waals surface area contributed by atoms with Gasteiger partial charge in [0.25, 0.3) is 0 Å². The molecule has 4 heteroatoms. The Labute approximate surface area is 243 Å². The summed E-state index contributed by atoms with van der Waals surface area (Å²) in [7, 11) is 0. The third-order valence-corrected chi connectivity index (χ3v) is 7.95. The summed E-state index contributed by atoms with van der Waals surface area (Å²) in [5.41, 5.74) is 5.88. The predicted molar refractivity (Wildman–Crippen MR) is 166 cm³/mol. The van der Waals surface area contributed by atoms with Gasteiger partial charge < -0.3 is 9.15 Å². The van der Waals surface area contributed by atoms with Crippen LogP contribution in [0.2, 0.25) is 0 Å². The third kappa shape index (κ3) is 6.50. The molecule has 4 nitrogen and oxygen atoms in total. The molecule has 0 bridgehead atoms. The Morgan fingerprint density at radius 2 is 1.51 bits per heavy atom. The molecule has 0 unspecified atom stereocenters. The van der Waals surface area contributed by atoms with Crippen LogP contribution in [0, 0.1) is 6.92 Å². The maximum Gasteiger partial charge on any atom is 0.226 e. The minimum absolute atomic E-state index is 0.428. The number of para-hydroxylation sites is 1. The van der Waals surface area contributed by atoms with Crippen LogP contribution in [-0.2, 0) is 13.0 Å². The van der Waals surface area contributed by atoms with Crippen molar-refractivity contribution in [2.24, 2.45) is 0 Å². The van der Waals surface area contributed by atoms with Crippen LogP contribution < -0.4 is 4.74 Å². The van der Waals surface area contributed by atoms with Crippen molar-refractivity contribution in [2.75, 3.05) is 0 Å². The quantitative estimate of drug-likeness (QED) is 0.187. The zero-order valence-corrected chi connectivity index (χ0v) is 23.7. The van der Waals surface area contributed by atoms with Gasteiger partial charge in [0.1, 0.15) is 17.3 Å². The van der Waals surface area contributed by atoms with E-state index in [2.05, 4.69) is 72.5 Å². The maximum atomic E-state index is 5.98. The second kappa shape index (κ2) is 12.4. The van der Waals surface area contributed by atoms with E-state index in [0.29, 0.717) is 18.0 Å². The molecular formula is C37H36N2O2. The first kappa shape index (κ1) is 26.8. The number of hydrogen-bond acceptors (Lipinski definition) is 4. The molecule has 0 aliphatic carbocycles. The molecule has 2 atom stereocenters. The maximum absolute atomic E-state index is 5.98. The standard InChI is InChI=1S/C37H36N2O2/c1-27-16-25-36(39(27)26-30-19-23-34(24-20-30)41-33-13-7-4-8-14-33)31-21-17-29(18-22-31)10-9-15-35-28(2)40-37(38-35)32-11-5-3-6-12-32/h3-14,17-24,27,36H,15-16,25-26H2,1-2H3/b10-9+/t27-,36+/m0/s1. The molecular weight excluding hydrogens is 504 g/mol. The number of aryl methyl sites for hydroxylation is 1. The van der Waals surface area contributed by atoms with E-state index >= 15 is 0 Å². The summed E-state index contributed by atoms with van der Waals surface area (Å²) in [5, 5.41) is 0. The van der Waals surface area contributed by atoms with Crippen LogP contribution in [-0.4, -0.2) is 15.9 Å². The molecule has 1 aliphatic heterocycles. The molecule has 0 amide bonds. The lowest BCUT2D eigenvalue weighted by Gasteiger charge is -2.29. The second-order valence-corrected chi connectivity index (χ2v) is 10.8. The van der Waals surface area contributed by atoms with Crippen LogP contribution in [0.4, 0.5) is 0 Å². The number of benzene rings is 4. The average Bonchev–Trinajstić information content (AvgIpc) is 3.57. The minimum Gasteiger partial charge on any atom is -0.457 e. The van der Waals surface area contributed by atoms with Gasteiger partial charge in [-0.25, -0.2) is 4.98 Å². The van der Waals surface area contributed by atoms with E-state index in [4.69, 9.17) is 14.1 Å². The van der Waals surface area contributed by atoms with Gasteiger partial charge in [-0.2, -0.15) is 0 Å². The smallest absolute Gasteiger partial charge is 0.226 e. The summed E-state index contributed by atoms with van der Waals surface area (Å²) in [6, 6.07) is 38.5. The van der Waals surface area contributed by atoms with Crippen LogP contribution in [0.3, 0.4) is 0 Å². The first-order valence-corrected chi connectivity index (χ1v) is 14.5. The highest BCUT2D eigenvalue weighted by atomic mass is 16.5. The Morgan fingerprint density at radius 1 is 0.829 bits per heavy atom. The molecule has 0 spiro atoms. The van der Waals surface area contributed by atoms with Crippen molar-refractivity contribution in [3.05, 3.63) is 143 Å². The molecule has 1 saturated heterocycles. The summed E-state index contributed by atoms with van der Waals surface area (Å²) in [4.78, 5) is 7.35. The second-order valence-electron chi connectivity index (χ2n) is 10.8. The molecule has 206 valence electrons. The molecule has 41 heavy (non-hydrogen) atoms. The first-order valence-electron chi connectivity index (χ1n) is 14.5. The molecule has 4 aromatic carbocycles. The minimum atomic E-state index is 0.428. The number of rotatable bonds is 9. The fraction of sp³-hybridized carbons (Fsp3) is 0.216. The van der Waals surface area contributed by atoms with E-state index < -0.39 is 0 Å². The van der Waals surface area contributed by atoms with Crippen molar-refractivity contribution in [2.45, 2.75) is 51.7 Å². The first-order chi connectivity index (χ1) is 20.1. The zero-order chi connectivity index (χ0) is 28.0. The lowest BCUT2D eigenvalue weighted by atomic mass is 10.0. The van der Waals surface area contributed by atoms with Crippen molar-refractivity contribution < 1.29 is 9.15 Å². The number of likely N-dealkylation sites (tertiary alicyclic amines) is 1. The fourth-order valence-corrected chi connectivity index (χ4v) is 5.62. The van der Waals surface area contributed by atoms with Crippen LogP contribution in [0.15, 0.2) is 120 Å². The monoisotopic (exact) mass is 540 g/mol. The lowest BCUT2D eigenvalue weighted by Crippen LogP contribution is -2.29. The number of oxazole rings is 1. The summed E-state index contributed by atoms with van der Waals surface area (Å²) in [5.74, 6) is 3.28. The van der Waals surface area contributed by atoms with E-state index in [9.17, 15) is 0 Å². The Bertz CT molecular complexity index is 1570. The largest absolute Gasteiger partial charge is 0.457 e. The van der Waals surface area contributed by atoms with Gasteiger partial charge in [0.15, 0.2) is 0 Å². The summed E-state index contributed by atoms with van der Waals surface area (Å²) in [6.07, 6.45) is 7.48. The van der Waals surface area contributed by atoms with Gasteiger partial charge in [-0.1, -0.05) is 84.9 Å². The zero-order valence-electron chi connectivity index (χ0n) is 23.7. The van der Waals surface area contributed by atoms with E-state index in [1.807, 2.05) is 67.6 Å². The highest BCUT2D eigenvalue weighted by Gasteiger charge is 2.31. The average molecular weight is 541 g/mol. The summed E-state index contributed by atoms with van der Waals surface area (Å²) < 4.78 is 11.9. The molecule has 0 N–H and O–H groups in total. The van der Waals surface area contributed by atoms with Gasteiger partial charge in [0, 0.05) is 30.6 Å². The lowest BCUT2D eigenvalue weighted by molar-refractivity contribution is 0.195. The van der Waals surface area contributed by atoms with Gasteiger partial charge in [-0.3, -0.25) is 4.90 Å². The van der Waals surface area contributed by atoms with E-state index in [-0.39, 0.29) is 0 Å². The molecule has 5 aromatic rings. The molecule has 1 fully saturated rings. The van der Waals surface area contributed by atoms with E-state index in [1.165, 1.54) is 29.5 Å². The van der Waals surface area contributed by atoms with Crippen molar-refractivity contribution in [1.29, 1.82) is 0 Å². The van der Waals surface area contributed by atoms with Gasteiger partial charge in [0.2, 0.25) is 5.89 Å². The molecule has 2 heterocycles. The van der Waals surface area contributed by atoms with Crippen LogP contribution >= 0.6 is 0 Å². The predicted octanol–water partition coefficient (Wildman–Crippen LogP) is 9.42. The summed E-state index contributed by atoms with van der Waals surface area (Å²) >= 11 is 0. The fourth-order valence-electron chi connectivity index (χ4n) is 5.62. The van der Waals surface area contributed by atoms with Gasteiger partial charge in [-0.05, 0) is 79.8 Å². The normalized spacial score (nSPS) is 17.3. The van der Waals surface area contributed by atoms with Gasteiger partial charge >= 0.3 is 0 Å². The van der Waals surface area contributed by atoms with Crippen molar-refractivity contribution in [1.82, 2.24) is 9.88 Å². The van der Waals surface area contributed by atoms with Crippen molar-refractivity contribution >= 4 is 6.08 Å². The Balaban J connectivity index is 1.07. The SMILES string of the molecule is Cc1oc(-c2ccccc2)nc1C/C=C/c1ccc([C@H]2CC[C@H](C)N2Cc2ccc(Oc3ccccc3)cc2)cc1. The number of nitrogens with zero attached hydrogens (tertiary/aromatic N) is 2. The Morgan fingerprint density at radius 3 is 2.24 bits per heavy atom. The Kier molecular flexibility index (Phi) is 8.11. The third-order valence-electron chi connectivity index (χ3n) is 7.95. The van der Waals surface area contributed by atoms with Gasteiger partial charge in [-0.15, -0.1) is 0 Å². The number of allylic oxidation sites excluding steroid dienone is 1. The van der Waals surface area contributed by atoms with Crippen LogP contribution in [0.25, 0.3) is 17.5 Å². The number of hydrogen-bond donors (Lipinski definition) is 0. The van der Waals surface area contributed by atoms with E-state index in [0.717, 1.165) is 41.5 Å². The van der Waals surface area contributed by atoms with Gasteiger partial charge in [0.05, 0.1) is 5.69 Å². The van der Waals surface area contributed by atoms with Crippen molar-refractivity contribution in [3.63, 3.8) is 0 Å². The molecule has 0 radical (unpaired) electrons. The molecule has 1 aromatic heterocycles. The topological polar surface area (TPSA) is 38.5 Å². The van der Waals surface area contributed by atoms with E-state index in [1.54, 1.807) is 0 Å². The van der Waals surface area contributed by atoms with Crippen LogP contribution in [0.5, 0.6) is 11.5 Å². The number of aromatic nitrogens is 1. The highest BCUT2D eigenvalue weighted by Crippen LogP contribution is 2.37.